The molecule has 0 aliphatic carbocycles. The Balaban J connectivity index is 2.30. The Labute approximate surface area is 111 Å². The van der Waals surface area contributed by atoms with Gasteiger partial charge >= 0.3 is 0 Å². The number of aliphatic hydroxyl groups is 1. The van der Waals surface area contributed by atoms with E-state index in [1.54, 1.807) is 6.92 Å². The van der Waals surface area contributed by atoms with Crippen LogP contribution < -0.4 is 10.6 Å². The van der Waals surface area contributed by atoms with Gasteiger partial charge < -0.3 is 20.5 Å². The molecular formula is C11H17ClN4O2. The van der Waals surface area contributed by atoms with Gasteiger partial charge in [0.15, 0.2) is 5.82 Å². The molecule has 1 aliphatic rings. The Hall–Kier alpha value is -1.11. The summed E-state index contributed by atoms with van der Waals surface area (Å²) in [4.78, 5) is 10.2. The van der Waals surface area contributed by atoms with Gasteiger partial charge in [-0.15, -0.1) is 0 Å². The van der Waals surface area contributed by atoms with E-state index in [9.17, 15) is 5.11 Å². The second-order valence-corrected chi connectivity index (χ2v) is 4.81. The molecule has 1 aliphatic heterocycles. The number of nitrogen functional groups attached to an aromatic ring is 1. The molecule has 100 valence electrons. The highest BCUT2D eigenvalue weighted by atomic mass is 35.5. The summed E-state index contributed by atoms with van der Waals surface area (Å²) in [6.45, 7) is 4.91. The highest BCUT2D eigenvalue weighted by Gasteiger charge is 2.27. The van der Waals surface area contributed by atoms with Gasteiger partial charge in [-0.05, 0) is 25.4 Å². The third kappa shape index (κ3) is 2.66. The maximum atomic E-state index is 9.21. The van der Waals surface area contributed by atoms with Crippen LogP contribution in [0.5, 0.6) is 0 Å². The van der Waals surface area contributed by atoms with Gasteiger partial charge in [-0.25, -0.2) is 4.98 Å². The predicted octanol–water partition coefficient (Wildman–Crippen LogP) is 0.607. The molecule has 0 spiro atoms. The van der Waals surface area contributed by atoms with E-state index in [2.05, 4.69) is 9.97 Å². The Kier molecular flexibility index (Phi) is 3.89. The average molecular weight is 273 g/mol. The fraction of sp³-hybridized carbons (Fsp3) is 0.636. The monoisotopic (exact) mass is 272 g/mol. The fourth-order valence-corrected chi connectivity index (χ4v) is 2.30. The number of anilines is 2. The number of rotatable bonds is 2. The van der Waals surface area contributed by atoms with E-state index in [0.717, 1.165) is 0 Å². The van der Waals surface area contributed by atoms with Crippen LogP contribution in [0.2, 0.25) is 5.28 Å². The fourth-order valence-electron chi connectivity index (χ4n) is 2.09. The molecule has 1 fully saturated rings. The molecule has 18 heavy (non-hydrogen) atoms. The van der Waals surface area contributed by atoms with Gasteiger partial charge in [-0.3, -0.25) is 0 Å². The summed E-state index contributed by atoms with van der Waals surface area (Å²) in [5.41, 5.74) is 7.16. The molecule has 0 radical (unpaired) electrons. The van der Waals surface area contributed by atoms with Crippen LogP contribution >= 0.6 is 11.6 Å². The molecule has 2 rings (SSSR count). The first-order valence-electron chi connectivity index (χ1n) is 5.82. The number of hydrogen-bond donors (Lipinski definition) is 2. The number of aromatic nitrogens is 2. The van der Waals surface area contributed by atoms with Gasteiger partial charge in [-0.2, -0.15) is 4.98 Å². The van der Waals surface area contributed by atoms with E-state index in [-0.39, 0.29) is 24.1 Å². The van der Waals surface area contributed by atoms with Gasteiger partial charge in [0, 0.05) is 13.1 Å². The van der Waals surface area contributed by atoms with Crippen molar-refractivity contribution < 1.29 is 9.84 Å². The van der Waals surface area contributed by atoms with Crippen LogP contribution in [0.15, 0.2) is 0 Å². The Bertz CT molecular complexity index is 443. The van der Waals surface area contributed by atoms with Crippen molar-refractivity contribution in [1.29, 1.82) is 0 Å². The zero-order valence-electron chi connectivity index (χ0n) is 10.4. The zero-order valence-corrected chi connectivity index (χ0v) is 11.2. The van der Waals surface area contributed by atoms with Crippen LogP contribution in [0, 0.1) is 6.92 Å². The average Bonchev–Trinajstić information content (AvgIpc) is 2.32. The molecule has 1 aromatic heterocycles. The number of aliphatic hydroxyl groups excluding tert-OH is 1. The number of nitrogens with two attached hydrogens (primary N) is 1. The molecule has 3 N–H and O–H groups in total. The minimum Gasteiger partial charge on any atom is -0.394 e. The first-order chi connectivity index (χ1) is 8.51. The van der Waals surface area contributed by atoms with Gasteiger partial charge in [0.2, 0.25) is 5.28 Å². The largest absolute Gasteiger partial charge is 0.394 e. The van der Waals surface area contributed by atoms with E-state index < -0.39 is 0 Å². The first-order valence-corrected chi connectivity index (χ1v) is 6.20. The van der Waals surface area contributed by atoms with Crippen molar-refractivity contribution in [2.24, 2.45) is 0 Å². The lowest BCUT2D eigenvalue weighted by atomic mass is 10.2. The number of hydrogen-bond acceptors (Lipinski definition) is 6. The predicted molar refractivity (Wildman–Crippen MR) is 69.8 cm³/mol. The van der Waals surface area contributed by atoms with Crippen LogP contribution in [0.4, 0.5) is 11.5 Å². The maximum absolute atomic E-state index is 9.21. The summed E-state index contributed by atoms with van der Waals surface area (Å²) in [6.07, 6.45) is -0.230. The van der Waals surface area contributed by atoms with Crippen LogP contribution in [-0.2, 0) is 4.74 Å². The van der Waals surface area contributed by atoms with Crippen LogP contribution in [0.3, 0.4) is 0 Å². The van der Waals surface area contributed by atoms with Crippen molar-refractivity contribution in [2.45, 2.75) is 26.1 Å². The van der Waals surface area contributed by atoms with E-state index in [4.69, 9.17) is 22.1 Å². The SMILES string of the molecule is Cc1nc(Cl)nc(N2CC(C)OC(CO)C2)c1N. The highest BCUT2D eigenvalue weighted by molar-refractivity contribution is 6.28. The minimum atomic E-state index is -0.234. The quantitative estimate of drug-likeness (QED) is 0.768. The second-order valence-electron chi connectivity index (χ2n) is 4.47. The molecular weight excluding hydrogens is 256 g/mol. The summed E-state index contributed by atoms with van der Waals surface area (Å²) in [7, 11) is 0. The van der Waals surface area contributed by atoms with Crippen LogP contribution in [-0.4, -0.2) is 47.0 Å². The molecule has 6 nitrogen and oxygen atoms in total. The third-order valence-corrected chi connectivity index (χ3v) is 3.09. The molecule has 0 bridgehead atoms. The smallest absolute Gasteiger partial charge is 0.224 e. The van der Waals surface area contributed by atoms with Gasteiger partial charge in [0.05, 0.1) is 30.2 Å². The normalized spacial score (nSPS) is 24.3. The van der Waals surface area contributed by atoms with Crippen molar-refractivity contribution in [2.75, 3.05) is 30.3 Å². The summed E-state index contributed by atoms with van der Waals surface area (Å²) in [5, 5.41) is 9.39. The highest BCUT2D eigenvalue weighted by Crippen LogP contribution is 2.27. The van der Waals surface area contributed by atoms with Crippen molar-refractivity contribution in [3.05, 3.63) is 11.0 Å². The van der Waals surface area contributed by atoms with E-state index in [1.165, 1.54) is 0 Å². The minimum absolute atomic E-state index is 0.00402. The number of halogens is 1. The van der Waals surface area contributed by atoms with Crippen molar-refractivity contribution in [1.82, 2.24) is 9.97 Å². The second kappa shape index (κ2) is 5.26. The number of aryl methyl sites for hydroxylation is 1. The standard InChI is InChI=1S/C11H17ClN4O2/c1-6-3-16(4-8(5-17)18-6)10-9(13)7(2)14-11(12)15-10/h6,8,17H,3-5,13H2,1-2H3. The molecule has 0 amide bonds. The lowest BCUT2D eigenvalue weighted by molar-refractivity contribution is -0.0422. The van der Waals surface area contributed by atoms with Gasteiger partial charge in [0.25, 0.3) is 0 Å². The van der Waals surface area contributed by atoms with Gasteiger partial charge in [0.1, 0.15) is 0 Å². The number of ether oxygens (including phenoxy) is 1. The lowest BCUT2D eigenvalue weighted by Gasteiger charge is -2.37. The Morgan fingerprint density at radius 2 is 2.22 bits per heavy atom. The first kappa shape index (κ1) is 13.3. The van der Waals surface area contributed by atoms with Crippen LogP contribution in [0.25, 0.3) is 0 Å². The molecule has 0 aromatic carbocycles. The maximum Gasteiger partial charge on any atom is 0.224 e. The van der Waals surface area contributed by atoms with E-state index >= 15 is 0 Å². The Morgan fingerprint density at radius 3 is 2.89 bits per heavy atom. The summed E-state index contributed by atoms with van der Waals surface area (Å²) in [5.74, 6) is 0.612. The lowest BCUT2D eigenvalue weighted by Crippen LogP contribution is -2.48. The van der Waals surface area contributed by atoms with E-state index in [1.807, 2.05) is 11.8 Å². The molecule has 2 heterocycles. The number of nitrogens with zero attached hydrogens (tertiary/aromatic N) is 3. The van der Waals surface area contributed by atoms with Crippen molar-refractivity contribution in [3.63, 3.8) is 0 Å². The zero-order chi connectivity index (χ0) is 13.3. The third-order valence-electron chi connectivity index (χ3n) is 2.92. The molecule has 0 saturated carbocycles. The van der Waals surface area contributed by atoms with Gasteiger partial charge in [-0.1, -0.05) is 0 Å². The molecule has 7 heteroatoms. The van der Waals surface area contributed by atoms with E-state index in [0.29, 0.717) is 30.3 Å². The van der Waals surface area contributed by atoms with Crippen molar-refractivity contribution in [3.8, 4) is 0 Å². The van der Waals surface area contributed by atoms with Crippen molar-refractivity contribution >= 4 is 23.1 Å². The summed E-state index contributed by atoms with van der Waals surface area (Å²) in [6, 6.07) is 0. The molecule has 1 aromatic rings. The molecule has 2 atom stereocenters. The molecule has 1 saturated heterocycles. The topological polar surface area (TPSA) is 84.5 Å². The number of morpholine rings is 1. The Morgan fingerprint density at radius 1 is 1.50 bits per heavy atom. The van der Waals surface area contributed by atoms with Crippen LogP contribution in [0.1, 0.15) is 12.6 Å². The summed E-state index contributed by atoms with van der Waals surface area (Å²) < 4.78 is 5.58. The molecule has 2 unspecified atom stereocenters. The summed E-state index contributed by atoms with van der Waals surface area (Å²) >= 11 is 5.86.